The number of ether oxygens (including phenoxy) is 1. The van der Waals surface area contributed by atoms with Gasteiger partial charge in [0.05, 0.1) is 7.11 Å². The molecule has 2 N–H and O–H groups in total. The first-order chi connectivity index (χ1) is 16.6. The normalized spacial score (nSPS) is 12.8. The predicted molar refractivity (Wildman–Crippen MR) is 137 cm³/mol. The van der Waals surface area contributed by atoms with E-state index in [0.717, 1.165) is 22.4 Å². The Morgan fingerprint density at radius 3 is 2.15 bits per heavy atom. The number of rotatable bonds is 8. The summed E-state index contributed by atoms with van der Waals surface area (Å²) in [5, 5.41) is 15.0. The van der Waals surface area contributed by atoms with E-state index >= 15 is 0 Å². The van der Waals surface area contributed by atoms with E-state index < -0.39 is 5.60 Å². The zero-order valence-electron chi connectivity index (χ0n) is 19.0. The molecule has 0 aromatic heterocycles. The summed E-state index contributed by atoms with van der Waals surface area (Å²) in [6, 6.07) is 34.2. The molecular formula is C30H27NO3. The molecule has 4 aromatic rings. The molecule has 1 unspecified atom stereocenters. The lowest BCUT2D eigenvalue weighted by molar-refractivity contribution is -0.111. The molecule has 1 atom stereocenters. The topological polar surface area (TPSA) is 58.6 Å². The first-order valence-electron chi connectivity index (χ1n) is 11.1. The molecule has 0 radical (unpaired) electrons. The van der Waals surface area contributed by atoms with Crippen molar-refractivity contribution in [3.63, 3.8) is 0 Å². The maximum atomic E-state index is 12.8. The van der Waals surface area contributed by atoms with Gasteiger partial charge in [-0.15, -0.1) is 0 Å². The Balaban J connectivity index is 1.64. The molecule has 1 amide bonds. The van der Waals surface area contributed by atoms with E-state index in [1.807, 2.05) is 109 Å². The molecule has 0 bridgehead atoms. The van der Waals surface area contributed by atoms with Crippen LogP contribution in [-0.2, 0) is 16.8 Å². The maximum Gasteiger partial charge on any atom is 0.248 e. The third-order valence-electron chi connectivity index (χ3n) is 5.73. The molecule has 4 nitrogen and oxygen atoms in total. The Morgan fingerprint density at radius 1 is 0.853 bits per heavy atom. The van der Waals surface area contributed by atoms with E-state index in [1.54, 1.807) is 13.2 Å². The van der Waals surface area contributed by atoms with Crippen LogP contribution in [0.3, 0.4) is 0 Å². The van der Waals surface area contributed by atoms with E-state index in [4.69, 9.17) is 4.74 Å². The number of amides is 1. The number of para-hydroxylation sites is 1. The lowest BCUT2D eigenvalue weighted by Gasteiger charge is -2.31. The molecule has 0 fully saturated rings. The van der Waals surface area contributed by atoms with Gasteiger partial charge in [-0.3, -0.25) is 4.79 Å². The Bertz CT molecular complexity index is 1250. The first kappa shape index (κ1) is 23.0. The third-order valence-corrected chi connectivity index (χ3v) is 5.73. The van der Waals surface area contributed by atoms with Crippen molar-refractivity contribution >= 4 is 17.7 Å². The molecule has 34 heavy (non-hydrogen) atoms. The number of nitrogens with one attached hydrogen (secondary N) is 1. The van der Waals surface area contributed by atoms with Crippen molar-refractivity contribution in [1.82, 2.24) is 0 Å². The van der Waals surface area contributed by atoms with Gasteiger partial charge in [0.1, 0.15) is 11.4 Å². The van der Waals surface area contributed by atoms with Crippen molar-refractivity contribution in [2.75, 3.05) is 12.4 Å². The molecule has 0 aliphatic carbocycles. The van der Waals surface area contributed by atoms with E-state index in [-0.39, 0.29) is 5.91 Å². The molecular weight excluding hydrogens is 422 g/mol. The highest BCUT2D eigenvalue weighted by Gasteiger charge is 2.34. The van der Waals surface area contributed by atoms with Gasteiger partial charge in [0, 0.05) is 23.7 Å². The Labute approximate surface area is 200 Å². The van der Waals surface area contributed by atoms with E-state index in [1.165, 1.54) is 6.08 Å². The minimum absolute atomic E-state index is 0.279. The minimum atomic E-state index is -1.33. The van der Waals surface area contributed by atoms with Crippen molar-refractivity contribution in [2.24, 2.45) is 0 Å². The minimum Gasteiger partial charge on any atom is -0.497 e. The summed E-state index contributed by atoms with van der Waals surface area (Å²) >= 11 is 0. The van der Waals surface area contributed by atoms with Crippen molar-refractivity contribution in [2.45, 2.75) is 12.0 Å². The van der Waals surface area contributed by atoms with Crippen molar-refractivity contribution in [3.05, 3.63) is 138 Å². The number of anilines is 1. The van der Waals surface area contributed by atoms with Crippen LogP contribution in [0.25, 0.3) is 6.08 Å². The van der Waals surface area contributed by atoms with Gasteiger partial charge in [0.15, 0.2) is 0 Å². The quantitative estimate of drug-likeness (QED) is 0.333. The second-order valence-corrected chi connectivity index (χ2v) is 8.03. The summed E-state index contributed by atoms with van der Waals surface area (Å²) < 4.78 is 5.17. The number of methoxy groups -OCH3 is 1. The van der Waals surface area contributed by atoms with Gasteiger partial charge >= 0.3 is 0 Å². The fourth-order valence-corrected chi connectivity index (χ4v) is 3.97. The molecule has 4 rings (SSSR count). The number of carbonyl (C=O) groups is 1. The standard InChI is InChI=1S/C30H27NO3/c1-34-26-19-16-23(17-20-26)18-21-29(32)31-28-15-9-8-14-27(28)30(33,25-12-6-3-7-13-25)22-24-10-4-2-5-11-24/h2-21,33H,22H2,1H3,(H,31,32). The second kappa shape index (κ2) is 10.6. The average Bonchev–Trinajstić information content (AvgIpc) is 2.89. The lowest BCUT2D eigenvalue weighted by Crippen LogP contribution is -2.31. The van der Waals surface area contributed by atoms with Crippen LogP contribution in [0, 0.1) is 0 Å². The predicted octanol–water partition coefficient (Wildman–Crippen LogP) is 5.83. The van der Waals surface area contributed by atoms with Gasteiger partial charge < -0.3 is 15.2 Å². The molecule has 0 aliphatic heterocycles. The monoisotopic (exact) mass is 449 g/mol. The molecule has 0 saturated heterocycles. The highest BCUT2D eigenvalue weighted by atomic mass is 16.5. The van der Waals surface area contributed by atoms with Gasteiger partial charge in [-0.25, -0.2) is 0 Å². The summed E-state index contributed by atoms with van der Waals surface area (Å²) in [6.07, 6.45) is 3.59. The van der Waals surface area contributed by atoms with Crippen LogP contribution in [-0.4, -0.2) is 18.1 Å². The summed E-state index contributed by atoms with van der Waals surface area (Å²) in [6.45, 7) is 0. The Kier molecular flexibility index (Phi) is 7.21. The smallest absolute Gasteiger partial charge is 0.248 e. The third kappa shape index (κ3) is 5.42. The van der Waals surface area contributed by atoms with Crippen LogP contribution in [0.2, 0.25) is 0 Å². The average molecular weight is 450 g/mol. The molecule has 0 saturated carbocycles. The number of hydrogen-bond donors (Lipinski definition) is 2. The van der Waals surface area contributed by atoms with Gasteiger partial charge in [-0.2, -0.15) is 0 Å². The molecule has 0 spiro atoms. The SMILES string of the molecule is COc1ccc(C=CC(=O)Nc2ccccc2C(O)(Cc2ccccc2)c2ccccc2)cc1. The van der Waals surface area contributed by atoms with Crippen molar-refractivity contribution in [1.29, 1.82) is 0 Å². The zero-order chi connectivity index (χ0) is 23.8. The number of aliphatic hydroxyl groups is 1. The summed E-state index contributed by atoms with van der Waals surface area (Å²) in [5.74, 6) is 0.479. The summed E-state index contributed by atoms with van der Waals surface area (Å²) in [7, 11) is 1.62. The molecule has 0 heterocycles. The van der Waals surface area contributed by atoms with Gasteiger partial charge in [-0.1, -0.05) is 91.0 Å². The highest BCUT2D eigenvalue weighted by Crippen LogP contribution is 2.37. The van der Waals surface area contributed by atoms with Gasteiger partial charge in [-0.05, 0) is 41.0 Å². The molecule has 0 aliphatic rings. The number of benzene rings is 4. The van der Waals surface area contributed by atoms with E-state index in [0.29, 0.717) is 17.7 Å². The van der Waals surface area contributed by atoms with Gasteiger partial charge in [0.25, 0.3) is 0 Å². The molecule has 170 valence electrons. The number of hydrogen-bond acceptors (Lipinski definition) is 3. The molecule has 4 heteroatoms. The fraction of sp³-hybridized carbons (Fsp3) is 0.100. The second-order valence-electron chi connectivity index (χ2n) is 8.03. The van der Waals surface area contributed by atoms with Crippen LogP contribution < -0.4 is 10.1 Å². The summed E-state index contributed by atoms with van der Waals surface area (Å²) in [5.41, 5.74) is 2.51. The van der Waals surface area contributed by atoms with Crippen molar-refractivity contribution < 1.29 is 14.6 Å². The van der Waals surface area contributed by atoms with Crippen LogP contribution in [0.1, 0.15) is 22.3 Å². The van der Waals surface area contributed by atoms with Crippen LogP contribution in [0.4, 0.5) is 5.69 Å². The Hall–Kier alpha value is -4.15. The van der Waals surface area contributed by atoms with Crippen LogP contribution in [0.15, 0.2) is 115 Å². The van der Waals surface area contributed by atoms with E-state index in [2.05, 4.69) is 5.32 Å². The largest absolute Gasteiger partial charge is 0.497 e. The fourth-order valence-electron chi connectivity index (χ4n) is 3.97. The van der Waals surface area contributed by atoms with Crippen molar-refractivity contribution in [3.8, 4) is 5.75 Å². The van der Waals surface area contributed by atoms with E-state index in [9.17, 15) is 9.90 Å². The van der Waals surface area contributed by atoms with Gasteiger partial charge in [0.2, 0.25) is 5.91 Å². The maximum absolute atomic E-state index is 12.8. The zero-order valence-corrected chi connectivity index (χ0v) is 19.0. The van der Waals surface area contributed by atoms with Crippen LogP contribution >= 0.6 is 0 Å². The number of carbonyl (C=O) groups excluding carboxylic acids is 1. The van der Waals surface area contributed by atoms with Crippen LogP contribution in [0.5, 0.6) is 5.75 Å². The first-order valence-corrected chi connectivity index (χ1v) is 11.1. The highest BCUT2D eigenvalue weighted by molar-refractivity contribution is 6.02. The molecule has 4 aromatic carbocycles. The Morgan fingerprint density at radius 2 is 1.47 bits per heavy atom. The summed E-state index contributed by atoms with van der Waals surface area (Å²) in [4.78, 5) is 12.8. The lowest BCUT2D eigenvalue weighted by atomic mass is 9.80.